The largest absolute Gasteiger partial charge is 0.494 e. The number of rotatable bonds is 7. The van der Waals surface area contributed by atoms with Crippen molar-refractivity contribution in [3.63, 3.8) is 0 Å². The van der Waals surface area contributed by atoms with Crippen molar-refractivity contribution in [2.75, 3.05) is 13.2 Å². The highest BCUT2D eigenvalue weighted by atomic mass is 16.5. The maximum absolute atomic E-state index is 5.92. The van der Waals surface area contributed by atoms with Crippen LogP contribution in [0.1, 0.15) is 51.0 Å². The van der Waals surface area contributed by atoms with Crippen LogP contribution in [-0.4, -0.2) is 19.3 Å². The molecule has 1 aliphatic carbocycles. The van der Waals surface area contributed by atoms with Gasteiger partial charge in [0.2, 0.25) is 0 Å². The van der Waals surface area contributed by atoms with Crippen LogP contribution >= 0.6 is 0 Å². The molecule has 0 N–H and O–H groups in total. The van der Waals surface area contributed by atoms with E-state index in [0.717, 1.165) is 31.8 Å². The lowest BCUT2D eigenvalue weighted by Crippen LogP contribution is -2.20. The molecule has 1 aromatic carbocycles. The van der Waals surface area contributed by atoms with Gasteiger partial charge in [-0.15, -0.1) is 0 Å². The predicted molar refractivity (Wildman–Crippen MR) is 92.5 cm³/mol. The van der Waals surface area contributed by atoms with Crippen LogP contribution < -0.4 is 4.74 Å². The van der Waals surface area contributed by atoms with Crippen molar-refractivity contribution < 1.29 is 9.47 Å². The van der Waals surface area contributed by atoms with Crippen LogP contribution in [-0.2, 0) is 4.74 Å². The summed E-state index contributed by atoms with van der Waals surface area (Å²) >= 11 is 0. The standard InChI is InChI=1S/C20H28O2/c1-3-5-6-7-16-22-20-14-10-18(11-15-20)17-8-12-19(13-9-17)21-4-2/h3,5-9,12-13,18,20H,4,10-11,14-16H2,1-2H3/b5-3+,7-6+. The van der Waals surface area contributed by atoms with E-state index in [2.05, 4.69) is 30.3 Å². The van der Waals surface area contributed by atoms with Gasteiger partial charge in [0.15, 0.2) is 0 Å². The molecular weight excluding hydrogens is 272 g/mol. The number of benzene rings is 1. The molecule has 0 atom stereocenters. The Kier molecular flexibility index (Phi) is 7.24. The Bertz CT molecular complexity index is 465. The van der Waals surface area contributed by atoms with E-state index in [-0.39, 0.29) is 0 Å². The molecule has 22 heavy (non-hydrogen) atoms. The molecule has 2 nitrogen and oxygen atoms in total. The molecule has 1 saturated carbocycles. The minimum absolute atomic E-state index is 0.425. The van der Waals surface area contributed by atoms with E-state index >= 15 is 0 Å². The molecule has 0 aliphatic heterocycles. The van der Waals surface area contributed by atoms with Gasteiger partial charge < -0.3 is 9.47 Å². The number of hydrogen-bond acceptors (Lipinski definition) is 2. The summed E-state index contributed by atoms with van der Waals surface area (Å²) in [5.74, 6) is 1.64. The smallest absolute Gasteiger partial charge is 0.119 e. The molecule has 0 heterocycles. The fourth-order valence-electron chi connectivity index (χ4n) is 3.00. The fraction of sp³-hybridized carbons (Fsp3) is 0.500. The molecule has 0 spiro atoms. The van der Waals surface area contributed by atoms with Crippen molar-refractivity contribution in [3.05, 3.63) is 54.1 Å². The van der Waals surface area contributed by atoms with Gasteiger partial charge in [0.1, 0.15) is 5.75 Å². The summed E-state index contributed by atoms with van der Waals surface area (Å²) in [5, 5.41) is 0. The first-order valence-electron chi connectivity index (χ1n) is 8.45. The first kappa shape index (κ1) is 16.8. The monoisotopic (exact) mass is 300 g/mol. The fourth-order valence-corrected chi connectivity index (χ4v) is 3.00. The van der Waals surface area contributed by atoms with Crippen molar-refractivity contribution in [2.24, 2.45) is 0 Å². The van der Waals surface area contributed by atoms with E-state index in [9.17, 15) is 0 Å². The normalized spacial score (nSPS) is 22.5. The molecule has 120 valence electrons. The van der Waals surface area contributed by atoms with E-state index in [1.165, 1.54) is 18.4 Å². The van der Waals surface area contributed by atoms with Gasteiger partial charge in [-0.25, -0.2) is 0 Å². The molecule has 2 heteroatoms. The average Bonchev–Trinajstić information content (AvgIpc) is 2.56. The van der Waals surface area contributed by atoms with Crippen LogP contribution in [0.15, 0.2) is 48.6 Å². The van der Waals surface area contributed by atoms with Gasteiger partial charge in [-0.2, -0.15) is 0 Å². The Morgan fingerprint density at radius 1 is 1.05 bits per heavy atom. The van der Waals surface area contributed by atoms with Crippen molar-refractivity contribution in [1.82, 2.24) is 0 Å². The van der Waals surface area contributed by atoms with Crippen LogP contribution in [0, 0.1) is 0 Å². The van der Waals surface area contributed by atoms with E-state index in [1.54, 1.807) is 0 Å². The number of ether oxygens (including phenoxy) is 2. The van der Waals surface area contributed by atoms with Gasteiger partial charge in [0, 0.05) is 0 Å². The van der Waals surface area contributed by atoms with Crippen LogP contribution in [0.2, 0.25) is 0 Å². The first-order chi connectivity index (χ1) is 10.8. The molecule has 1 fully saturated rings. The summed E-state index contributed by atoms with van der Waals surface area (Å²) in [6, 6.07) is 8.62. The Balaban J connectivity index is 1.74. The predicted octanol–water partition coefficient (Wildman–Crippen LogP) is 5.26. The van der Waals surface area contributed by atoms with Gasteiger partial charge >= 0.3 is 0 Å². The van der Waals surface area contributed by atoms with Crippen LogP contribution in [0.3, 0.4) is 0 Å². The minimum Gasteiger partial charge on any atom is -0.494 e. The Hall–Kier alpha value is -1.54. The highest BCUT2D eigenvalue weighted by Crippen LogP contribution is 2.34. The highest BCUT2D eigenvalue weighted by Gasteiger charge is 2.22. The second kappa shape index (κ2) is 9.47. The summed E-state index contributed by atoms with van der Waals surface area (Å²) in [4.78, 5) is 0. The Morgan fingerprint density at radius 2 is 1.77 bits per heavy atom. The lowest BCUT2D eigenvalue weighted by atomic mass is 9.83. The second-order valence-electron chi connectivity index (χ2n) is 5.76. The molecule has 0 radical (unpaired) electrons. The third-order valence-corrected chi connectivity index (χ3v) is 4.20. The van der Waals surface area contributed by atoms with E-state index in [0.29, 0.717) is 12.0 Å². The van der Waals surface area contributed by atoms with E-state index in [1.807, 2.05) is 32.1 Å². The summed E-state index contributed by atoms with van der Waals surface area (Å²) in [6.07, 6.45) is 13.4. The summed E-state index contributed by atoms with van der Waals surface area (Å²) in [5.41, 5.74) is 1.44. The maximum atomic E-state index is 5.92. The SMILES string of the molecule is C/C=C/C=C/COC1CCC(c2ccc(OCC)cc2)CC1. The van der Waals surface area contributed by atoms with Crippen molar-refractivity contribution in [1.29, 1.82) is 0 Å². The van der Waals surface area contributed by atoms with E-state index in [4.69, 9.17) is 9.47 Å². The molecule has 0 unspecified atom stereocenters. The third-order valence-electron chi connectivity index (χ3n) is 4.20. The van der Waals surface area contributed by atoms with Gasteiger partial charge in [-0.05, 0) is 63.1 Å². The molecule has 0 bridgehead atoms. The van der Waals surface area contributed by atoms with Gasteiger partial charge in [0.25, 0.3) is 0 Å². The lowest BCUT2D eigenvalue weighted by Gasteiger charge is -2.28. The van der Waals surface area contributed by atoms with Crippen molar-refractivity contribution in [2.45, 2.75) is 51.6 Å². The summed E-state index contributed by atoms with van der Waals surface area (Å²) in [6.45, 7) is 5.49. The molecule has 0 saturated heterocycles. The first-order valence-corrected chi connectivity index (χ1v) is 8.45. The van der Waals surface area contributed by atoms with Crippen molar-refractivity contribution in [3.8, 4) is 5.75 Å². The van der Waals surface area contributed by atoms with Crippen LogP contribution in [0.4, 0.5) is 0 Å². The zero-order valence-corrected chi connectivity index (χ0v) is 13.8. The molecule has 1 aromatic rings. The second-order valence-corrected chi connectivity index (χ2v) is 5.76. The van der Waals surface area contributed by atoms with Crippen LogP contribution in [0.5, 0.6) is 5.75 Å². The van der Waals surface area contributed by atoms with Gasteiger partial charge in [-0.3, -0.25) is 0 Å². The lowest BCUT2D eigenvalue weighted by molar-refractivity contribution is 0.0422. The van der Waals surface area contributed by atoms with Crippen molar-refractivity contribution >= 4 is 0 Å². The summed E-state index contributed by atoms with van der Waals surface area (Å²) in [7, 11) is 0. The number of allylic oxidation sites excluding steroid dienone is 3. The molecule has 0 aromatic heterocycles. The molecule has 0 amide bonds. The molecule has 1 aliphatic rings. The quantitative estimate of drug-likeness (QED) is 0.639. The van der Waals surface area contributed by atoms with Gasteiger partial charge in [0.05, 0.1) is 19.3 Å². The Morgan fingerprint density at radius 3 is 2.41 bits per heavy atom. The topological polar surface area (TPSA) is 18.5 Å². The van der Waals surface area contributed by atoms with E-state index < -0.39 is 0 Å². The molecule has 2 rings (SSSR count). The molecular formula is C20H28O2. The average molecular weight is 300 g/mol. The zero-order chi connectivity index (χ0) is 15.6. The highest BCUT2D eigenvalue weighted by molar-refractivity contribution is 5.29. The number of hydrogen-bond donors (Lipinski definition) is 0. The minimum atomic E-state index is 0.425. The zero-order valence-electron chi connectivity index (χ0n) is 13.8. The summed E-state index contributed by atoms with van der Waals surface area (Å²) < 4.78 is 11.4. The van der Waals surface area contributed by atoms with Crippen LogP contribution in [0.25, 0.3) is 0 Å². The maximum Gasteiger partial charge on any atom is 0.119 e. The van der Waals surface area contributed by atoms with Gasteiger partial charge in [-0.1, -0.05) is 36.4 Å². The Labute approximate surface area is 134 Å². The third kappa shape index (κ3) is 5.34.